The number of methoxy groups -OCH3 is 2. The van der Waals surface area contributed by atoms with Crippen LogP contribution >= 0.6 is 0 Å². The highest BCUT2D eigenvalue weighted by molar-refractivity contribution is 6.62. The molecule has 9 heteroatoms. The minimum absolute atomic E-state index is 0.260. The first kappa shape index (κ1) is 25.7. The van der Waals surface area contributed by atoms with Gasteiger partial charge in [-0.05, 0) is 66.1 Å². The summed E-state index contributed by atoms with van der Waals surface area (Å²) in [6.45, 7) is 17.1. The monoisotopic (exact) mass is 462 g/mol. The Kier molecular flexibility index (Phi) is 7.27. The van der Waals surface area contributed by atoms with Gasteiger partial charge in [0.25, 0.3) is 0 Å². The Bertz CT molecular complexity index is 818. The summed E-state index contributed by atoms with van der Waals surface area (Å²) in [5.74, 6) is 1.46. The molecule has 8 nitrogen and oxygen atoms in total. The highest BCUT2D eigenvalue weighted by Gasteiger charge is 2.52. The number of benzene rings is 1. The number of hydrogen-bond acceptors (Lipinski definition) is 7. The summed E-state index contributed by atoms with van der Waals surface area (Å²) in [4.78, 5) is 16.4. The van der Waals surface area contributed by atoms with Crippen molar-refractivity contribution in [2.24, 2.45) is 0 Å². The number of amides is 1. The predicted molar refractivity (Wildman–Crippen MR) is 128 cm³/mol. The van der Waals surface area contributed by atoms with E-state index < -0.39 is 23.9 Å². The fourth-order valence-electron chi connectivity index (χ4n) is 3.91. The van der Waals surface area contributed by atoms with Crippen molar-refractivity contribution in [3.63, 3.8) is 0 Å². The van der Waals surface area contributed by atoms with Crippen LogP contribution in [0.15, 0.2) is 12.1 Å². The molecule has 0 radical (unpaired) electrons. The van der Waals surface area contributed by atoms with Crippen molar-refractivity contribution in [1.29, 1.82) is 0 Å². The first-order chi connectivity index (χ1) is 15.3. The molecule has 184 valence electrons. The molecule has 2 saturated heterocycles. The Morgan fingerprint density at radius 2 is 1.45 bits per heavy atom. The fraction of sp³-hybridized carbons (Fsp3) is 0.708. The lowest BCUT2D eigenvalue weighted by Gasteiger charge is -2.36. The molecule has 2 heterocycles. The Balaban J connectivity index is 1.72. The van der Waals surface area contributed by atoms with Crippen LogP contribution in [-0.4, -0.2) is 80.2 Å². The molecule has 2 aliphatic rings. The number of hydrogen-bond donors (Lipinski definition) is 0. The van der Waals surface area contributed by atoms with E-state index in [2.05, 4.69) is 4.90 Å². The van der Waals surface area contributed by atoms with Crippen molar-refractivity contribution < 1.29 is 28.3 Å². The first-order valence-corrected chi connectivity index (χ1v) is 11.6. The molecule has 0 saturated carbocycles. The zero-order valence-electron chi connectivity index (χ0n) is 21.6. The number of rotatable bonds is 5. The molecule has 0 aromatic heterocycles. The van der Waals surface area contributed by atoms with E-state index in [1.165, 1.54) is 0 Å². The number of nitrogens with zero attached hydrogens (tertiary/aromatic N) is 2. The molecule has 0 aliphatic carbocycles. The standard InChI is InChI=1S/C24H39BN2O6/c1-22(2,3)31-21(28)27-12-10-26(11-13-27)16-18-19(29-8)14-17(15-20(18)30-9)25-32-23(4,5)24(6,7)33-25/h14-15H,10-13,16H2,1-9H3. The van der Waals surface area contributed by atoms with Crippen molar-refractivity contribution in [1.82, 2.24) is 9.80 Å². The van der Waals surface area contributed by atoms with E-state index in [0.29, 0.717) is 19.6 Å². The first-order valence-electron chi connectivity index (χ1n) is 11.6. The van der Waals surface area contributed by atoms with E-state index in [0.717, 1.165) is 35.6 Å². The zero-order chi connectivity index (χ0) is 24.6. The maximum atomic E-state index is 12.4. The van der Waals surface area contributed by atoms with Crippen LogP contribution < -0.4 is 14.9 Å². The third-order valence-electron chi connectivity index (χ3n) is 6.56. The second-order valence-electron chi connectivity index (χ2n) is 10.7. The summed E-state index contributed by atoms with van der Waals surface area (Å²) in [7, 11) is 2.82. The molecule has 0 N–H and O–H groups in total. The van der Waals surface area contributed by atoms with Gasteiger partial charge in [0.05, 0.1) is 31.0 Å². The molecular formula is C24H39BN2O6. The minimum atomic E-state index is -0.496. The van der Waals surface area contributed by atoms with Gasteiger partial charge in [0.1, 0.15) is 17.1 Å². The van der Waals surface area contributed by atoms with Crippen LogP contribution in [0.25, 0.3) is 0 Å². The third-order valence-corrected chi connectivity index (χ3v) is 6.56. The molecule has 0 atom stereocenters. The van der Waals surface area contributed by atoms with Crippen LogP contribution in [0, 0.1) is 0 Å². The van der Waals surface area contributed by atoms with Gasteiger partial charge >= 0.3 is 13.2 Å². The van der Waals surface area contributed by atoms with E-state index in [4.69, 9.17) is 23.5 Å². The molecule has 2 aliphatic heterocycles. The summed E-state index contributed by atoms with van der Waals surface area (Å²) < 4.78 is 29.4. The van der Waals surface area contributed by atoms with E-state index in [9.17, 15) is 4.79 Å². The molecule has 33 heavy (non-hydrogen) atoms. The smallest absolute Gasteiger partial charge is 0.495 e. The predicted octanol–water partition coefficient (Wildman–Crippen LogP) is 3.06. The lowest BCUT2D eigenvalue weighted by molar-refractivity contribution is 0.00578. The molecule has 0 spiro atoms. The van der Waals surface area contributed by atoms with Crippen LogP contribution in [0.1, 0.15) is 54.0 Å². The van der Waals surface area contributed by atoms with Crippen LogP contribution in [0.4, 0.5) is 4.79 Å². The average molecular weight is 462 g/mol. The quantitative estimate of drug-likeness (QED) is 0.623. The van der Waals surface area contributed by atoms with Crippen molar-refractivity contribution >= 4 is 18.7 Å². The van der Waals surface area contributed by atoms with Gasteiger partial charge in [-0.25, -0.2) is 4.79 Å². The maximum absolute atomic E-state index is 12.4. The van der Waals surface area contributed by atoms with Gasteiger partial charge in [0.2, 0.25) is 0 Å². The molecule has 1 amide bonds. The van der Waals surface area contributed by atoms with Crippen molar-refractivity contribution in [2.45, 2.75) is 71.8 Å². The Hall–Kier alpha value is -1.97. The Labute approximate surface area is 198 Å². The number of ether oxygens (including phenoxy) is 3. The second kappa shape index (κ2) is 9.35. The molecule has 1 aromatic carbocycles. The van der Waals surface area contributed by atoms with Crippen molar-refractivity contribution in [3.8, 4) is 11.5 Å². The van der Waals surface area contributed by atoms with Gasteiger partial charge in [-0.3, -0.25) is 4.90 Å². The lowest BCUT2D eigenvalue weighted by Crippen LogP contribution is -2.49. The topological polar surface area (TPSA) is 69.7 Å². The third kappa shape index (κ3) is 5.76. The second-order valence-corrected chi connectivity index (χ2v) is 10.7. The average Bonchev–Trinajstić information content (AvgIpc) is 2.94. The van der Waals surface area contributed by atoms with Crippen LogP contribution in [-0.2, 0) is 20.6 Å². The van der Waals surface area contributed by atoms with Crippen molar-refractivity contribution in [3.05, 3.63) is 17.7 Å². The van der Waals surface area contributed by atoms with E-state index >= 15 is 0 Å². The summed E-state index contributed by atoms with van der Waals surface area (Å²) in [5, 5.41) is 0. The Morgan fingerprint density at radius 3 is 1.88 bits per heavy atom. The summed E-state index contributed by atoms with van der Waals surface area (Å²) >= 11 is 0. The van der Waals surface area contributed by atoms with Gasteiger partial charge in [-0.2, -0.15) is 0 Å². The van der Waals surface area contributed by atoms with Gasteiger partial charge in [0, 0.05) is 32.7 Å². The normalized spacial score (nSPS) is 20.6. The van der Waals surface area contributed by atoms with Gasteiger partial charge in [0.15, 0.2) is 0 Å². The van der Waals surface area contributed by atoms with Crippen LogP contribution in [0.3, 0.4) is 0 Å². The van der Waals surface area contributed by atoms with E-state index in [1.54, 1.807) is 19.1 Å². The molecule has 0 unspecified atom stereocenters. The molecule has 2 fully saturated rings. The number of carbonyl (C=O) groups is 1. The summed E-state index contributed by atoms with van der Waals surface area (Å²) in [5.41, 5.74) is 0.482. The van der Waals surface area contributed by atoms with Crippen LogP contribution in [0.2, 0.25) is 0 Å². The summed E-state index contributed by atoms with van der Waals surface area (Å²) in [6, 6.07) is 3.94. The number of carbonyl (C=O) groups excluding carboxylic acids is 1. The molecule has 1 aromatic rings. The van der Waals surface area contributed by atoms with Crippen molar-refractivity contribution in [2.75, 3.05) is 40.4 Å². The number of piperazine rings is 1. The van der Waals surface area contributed by atoms with E-state index in [1.807, 2.05) is 60.6 Å². The largest absolute Gasteiger partial charge is 0.496 e. The zero-order valence-corrected chi connectivity index (χ0v) is 21.6. The van der Waals surface area contributed by atoms with Crippen LogP contribution in [0.5, 0.6) is 11.5 Å². The molecular weight excluding hydrogens is 423 g/mol. The summed E-state index contributed by atoms with van der Waals surface area (Å²) in [6.07, 6.45) is -0.260. The van der Waals surface area contributed by atoms with E-state index in [-0.39, 0.29) is 6.09 Å². The highest BCUT2D eigenvalue weighted by Crippen LogP contribution is 2.38. The molecule has 0 bridgehead atoms. The SMILES string of the molecule is COc1cc(B2OC(C)(C)C(C)(C)O2)cc(OC)c1CN1CCN(C(=O)OC(C)(C)C)CC1. The van der Waals surface area contributed by atoms with Gasteiger partial charge in [-0.1, -0.05) is 0 Å². The lowest BCUT2D eigenvalue weighted by atomic mass is 9.78. The molecule has 3 rings (SSSR count). The van der Waals surface area contributed by atoms with Gasteiger partial charge < -0.3 is 28.4 Å². The minimum Gasteiger partial charge on any atom is -0.496 e. The highest BCUT2D eigenvalue weighted by atomic mass is 16.7. The van der Waals surface area contributed by atoms with Gasteiger partial charge in [-0.15, -0.1) is 0 Å². The maximum Gasteiger partial charge on any atom is 0.495 e. The Morgan fingerprint density at radius 1 is 0.970 bits per heavy atom. The fourth-order valence-corrected chi connectivity index (χ4v) is 3.91.